The summed E-state index contributed by atoms with van der Waals surface area (Å²) in [5.41, 5.74) is 1.18. The van der Waals surface area contributed by atoms with E-state index < -0.39 is 0 Å². The zero-order chi connectivity index (χ0) is 11.5. The highest BCUT2D eigenvalue weighted by Gasteiger charge is 2.23. The third kappa shape index (κ3) is 2.18. The van der Waals surface area contributed by atoms with Gasteiger partial charge in [0.15, 0.2) is 0 Å². The van der Waals surface area contributed by atoms with E-state index in [1.807, 2.05) is 12.1 Å². The van der Waals surface area contributed by atoms with Gasteiger partial charge in [-0.1, -0.05) is 6.92 Å². The van der Waals surface area contributed by atoms with Crippen molar-refractivity contribution in [2.24, 2.45) is 0 Å². The van der Waals surface area contributed by atoms with Crippen molar-refractivity contribution in [1.82, 2.24) is 5.32 Å². The molecule has 1 aliphatic heterocycles. The van der Waals surface area contributed by atoms with Gasteiger partial charge in [-0.2, -0.15) is 0 Å². The Morgan fingerprint density at radius 3 is 3.06 bits per heavy atom. The largest absolute Gasteiger partial charge is 0.497 e. The number of ether oxygens (including phenoxy) is 2. The van der Waals surface area contributed by atoms with Crippen molar-refractivity contribution in [1.29, 1.82) is 0 Å². The molecule has 0 spiro atoms. The molecular formula is C12H16BrNO2. The number of rotatable bonds is 3. The zero-order valence-electron chi connectivity index (χ0n) is 9.55. The molecule has 1 N–H and O–H groups in total. The Morgan fingerprint density at radius 1 is 1.56 bits per heavy atom. The highest BCUT2D eigenvalue weighted by atomic mass is 79.9. The zero-order valence-corrected chi connectivity index (χ0v) is 11.1. The summed E-state index contributed by atoms with van der Waals surface area (Å²) in [6.07, 6.45) is 1.00. The lowest BCUT2D eigenvalue weighted by Gasteiger charge is -2.27. The molecule has 3 nitrogen and oxygen atoms in total. The lowest BCUT2D eigenvalue weighted by atomic mass is 10.0. The van der Waals surface area contributed by atoms with Gasteiger partial charge < -0.3 is 14.8 Å². The second-order valence-corrected chi connectivity index (χ2v) is 4.63. The van der Waals surface area contributed by atoms with Gasteiger partial charge in [-0.05, 0) is 34.6 Å². The average Bonchev–Trinajstić information content (AvgIpc) is 2.30. The van der Waals surface area contributed by atoms with Crippen LogP contribution in [-0.2, 0) is 0 Å². The van der Waals surface area contributed by atoms with Crippen LogP contribution in [0.3, 0.4) is 0 Å². The fourth-order valence-corrected chi connectivity index (χ4v) is 2.58. The highest BCUT2D eigenvalue weighted by molar-refractivity contribution is 9.10. The van der Waals surface area contributed by atoms with E-state index in [2.05, 4.69) is 28.2 Å². The Hall–Kier alpha value is -0.740. The molecule has 1 atom stereocenters. The molecule has 0 aromatic heterocycles. The van der Waals surface area contributed by atoms with Crippen LogP contribution in [0, 0.1) is 0 Å². The smallest absolute Gasteiger partial charge is 0.138 e. The van der Waals surface area contributed by atoms with Crippen LogP contribution >= 0.6 is 15.9 Å². The number of halogens is 1. The maximum absolute atomic E-state index is 5.69. The molecule has 1 aromatic rings. The van der Waals surface area contributed by atoms with Crippen molar-refractivity contribution in [3.63, 3.8) is 0 Å². The highest BCUT2D eigenvalue weighted by Crippen LogP contribution is 2.40. The van der Waals surface area contributed by atoms with E-state index in [0.29, 0.717) is 6.04 Å². The first kappa shape index (κ1) is 11.7. The standard InChI is InChI=1S/C12H16BrNO2/c1-3-14-11-4-5-16-12-9(11)6-8(15-2)7-10(12)13/h6-7,11,14H,3-5H2,1-2H3. The number of benzene rings is 1. The lowest BCUT2D eigenvalue weighted by Crippen LogP contribution is -2.27. The number of hydrogen-bond acceptors (Lipinski definition) is 3. The fourth-order valence-electron chi connectivity index (χ4n) is 2.01. The minimum atomic E-state index is 0.361. The summed E-state index contributed by atoms with van der Waals surface area (Å²) >= 11 is 3.52. The Kier molecular flexibility index (Phi) is 3.71. The predicted octanol–water partition coefficient (Wildman–Crippen LogP) is 2.89. The maximum Gasteiger partial charge on any atom is 0.138 e. The molecule has 0 bridgehead atoms. The quantitative estimate of drug-likeness (QED) is 0.926. The van der Waals surface area contributed by atoms with E-state index in [1.54, 1.807) is 7.11 Å². The van der Waals surface area contributed by atoms with Crippen LogP contribution in [0.25, 0.3) is 0 Å². The van der Waals surface area contributed by atoms with Crippen molar-refractivity contribution in [2.45, 2.75) is 19.4 Å². The van der Waals surface area contributed by atoms with Gasteiger partial charge in [0, 0.05) is 18.0 Å². The van der Waals surface area contributed by atoms with Gasteiger partial charge in [-0.25, -0.2) is 0 Å². The molecule has 1 unspecified atom stereocenters. The lowest BCUT2D eigenvalue weighted by molar-refractivity contribution is 0.251. The van der Waals surface area contributed by atoms with Crippen molar-refractivity contribution in [3.05, 3.63) is 22.2 Å². The van der Waals surface area contributed by atoms with E-state index >= 15 is 0 Å². The first-order valence-electron chi connectivity index (χ1n) is 5.50. The summed E-state index contributed by atoms with van der Waals surface area (Å²) < 4.78 is 11.9. The van der Waals surface area contributed by atoms with Crippen molar-refractivity contribution in [2.75, 3.05) is 20.3 Å². The Morgan fingerprint density at radius 2 is 2.38 bits per heavy atom. The van der Waals surface area contributed by atoms with Gasteiger partial charge in [0.2, 0.25) is 0 Å². The summed E-state index contributed by atoms with van der Waals surface area (Å²) in [7, 11) is 1.68. The van der Waals surface area contributed by atoms with Crippen LogP contribution in [0.2, 0.25) is 0 Å². The van der Waals surface area contributed by atoms with Crippen LogP contribution in [0.1, 0.15) is 24.9 Å². The summed E-state index contributed by atoms with van der Waals surface area (Å²) in [5.74, 6) is 1.80. The third-order valence-corrected chi connectivity index (χ3v) is 3.35. The summed E-state index contributed by atoms with van der Waals surface area (Å²) in [6, 6.07) is 4.35. The van der Waals surface area contributed by atoms with Crippen LogP contribution in [0.15, 0.2) is 16.6 Å². The number of hydrogen-bond donors (Lipinski definition) is 1. The van der Waals surface area contributed by atoms with Crippen molar-refractivity contribution >= 4 is 15.9 Å². The fraction of sp³-hybridized carbons (Fsp3) is 0.500. The van der Waals surface area contributed by atoms with E-state index in [1.165, 1.54) is 5.56 Å². The van der Waals surface area contributed by atoms with Crippen molar-refractivity contribution in [3.8, 4) is 11.5 Å². The summed E-state index contributed by atoms with van der Waals surface area (Å²) in [4.78, 5) is 0. The Bertz CT molecular complexity index is 382. The van der Waals surface area contributed by atoms with E-state index in [0.717, 1.165) is 35.5 Å². The molecule has 88 valence electrons. The van der Waals surface area contributed by atoms with Crippen LogP contribution in [0.5, 0.6) is 11.5 Å². The summed E-state index contributed by atoms with van der Waals surface area (Å²) in [5, 5.41) is 3.46. The molecule has 0 fully saturated rings. The van der Waals surface area contributed by atoms with Gasteiger partial charge in [0.25, 0.3) is 0 Å². The molecule has 0 amide bonds. The molecule has 0 saturated carbocycles. The van der Waals surface area contributed by atoms with Gasteiger partial charge in [0.05, 0.1) is 18.2 Å². The number of nitrogens with one attached hydrogen (secondary N) is 1. The van der Waals surface area contributed by atoms with Gasteiger partial charge in [-0.15, -0.1) is 0 Å². The van der Waals surface area contributed by atoms with Gasteiger partial charge in [-0.3, -0.25) is 0 Å². The normalized spacial score (nSPS) is 18.8. The van der Waals surface area contributed by atoms with Gasteiger partial charge >= 0.3 is 0 Å². The first-order valence-corrected chi connectivity index (χ1v) is 6.29. The van der Waals surface area contributed by atoms with Crippen molar-refractivity contribution < 1.29 is 9.47 Å². The van der Waals surface area contributed by atoms with E-state index in [-0.39, 0.29) is 0 Å². The molecular weight excluding hydrogens is 270 g/mol. The Balaban J connectivity index is 2.41. The van der Waals surface area contributed by atoms with Crippen LogP contribution in [0.4, 0.5) is 0 Å². The summed E-state index contributed by atoms with van der Waals surface area (Å²) in [6.45, 7) is 3.83. The predicted molar refractivity (Wildman–Crippen MR) is 67.2 cm³/mol. The average molecular weight is 286 g/mol. The molecule has 16 heavy (non-hydrogen) atoms. The second kappa shape index (κ2) is 5.06. The van der Waals surface area contributed by atoms with E-state index in [4.69, 9.17) is 9.47 Å². The topological polar surface area (TPSA) is 30.5 Å². The number of methoxy groups -OCH3 is 1. The first-order chi connectivity index (χ1) is 7.76. The van der Waals surface area contributed by atoms with Crippen LogP contribution < -0.4 is 14.8 Å². The van der Waals surface area contributed by atoms with Gasteiger partial charge in [0.1, 0.15) is 11.5 Å². The molecule has 2 rings (SSSR count). The van der Waals surface area contributed by atoms with Crippen LogP contribution in [-0.4, -0.2) is 20.3 Å². The Labute approximate surface area is 104 Å². The monoisotopic (exact) mass is 285 g/mol. The maximum atomic E-state index is 5.69. The SMILES string of the molecule is CCNC1CCOc2c(Br)cc(OC)cc21. The molecule has 1 heterocycles. The molecule has 0 radical (unpaired) electrons. The second-order valence-electron chi connectivity index (χ2n) is 3.77. The minimum Gasteiger partial charge on any atom is -0.497 e. The molecule has 4 heteroatoms. The number of fused-ring (bicyclic) bond motifs is 1. The minimum absolute atomic E-state index is 0.361. The molecule has 1 aliphatic rings. The molecule has 0 saturated heterocycles. The molecule has 0 aliphatic carbocycles. The third-order valence-electron chi connectivity index (χ3n) is 2.76. The van der Waals surface area contributed by atoms with E-state index in [9.17, 15) is 0 Å². The molecule has 1 aromatic carbocycles.